The maximum atomic E-state index is 5.26. The first-order chi connectivity index (χ1) is 9.52. The molecule has 20 heavy (non-hydrogen) atoms. The molecule has 0 aliphatic heterocycles. The van der Waals surface area contributed by atoms with Crippen molar-refractivity contribution >= 4 is 11.6 Å². The molecule has 0 amide bonds. The average molecular weight is 274 g/mol. The second-order valence-electron chi connectivity index (χ2n) is 5.04. The molecular formula is C15H22N4O. The van der Waals surface area contributed by atoms with Crippen LogP contribution in [0, 0.1) is 6.92 Å². The summed E-state index contributed by atoms with van der Waals surface area (Å²) in [5, 5.41) is 3.41. The zero-order valence-corrected chi connectivity index (χ0v) is 12.8. The van der Waals surface area contributed by atoms with Gasteiger partial charge in [0.05, 0.1) is 25.5 Å². The fourth-order valence-electron chi connectivity index (χ4n) is 2.19. The quantitative estimate of drug-likeness (QED) is 0.909. The summed E-state index contributed by atoms with van der Waals surface area (Å²) >= 11 is 0. The molecular weight excluding hydrogens is 252 g/mol. The number of methoxy groups -OCH3 is 1. The number of hydrogen-bond acceptors (Lipinski definition) is 4. The number of rotatable bonds is 5. The molecule has 0 aliphatic carbocycles. The number of nitrogens with zero attached hydrogens (tertiary/aromatic N) is 3. The van der Waals surface area contributed by atoms with Gasteiger partial charge in [0.15, 0.2) is 0 Å². The summed E-state index contributed by atoms with van der Waals surface area (Å²) in [5.41, 5.74) is 3.34. The summed E-state index contributed by atoms with van der Waals surface area (Å²) in [6.07, 6.45) is 1.90. The minimum Gasteiger partial charge on any atom is -0.496 e. The van der Waals surface area contributed by atoms with Crippen molar-refractivity contribution in [1.29, 1.82) is 0 Å². The van der Waals surface area contributed by atoms with Gasteiger partial charge < -0.3 is 19.5 Å². The van der Waals surface area contributed by atoms with E-state index >= 15 is 0 Å². The lowest BCUT2D eigenvalue weighted by atomic mass is 10.2. The van der Waals surface area contributed by atoms with E-state index in [0.29, 0.717) is 0 Å². The van der Waals surface area contributed by atoms with Gasteiger partial charge in [0, 0.05) is 26.8 Å². The maximum Gasteiger partial charge on any atom is 0.204 e. The molecule has 1 aromatic carbocycles. The van der Waals surface area contributed by atoms with Gasteiger partial charge in [-0.2, -0.15) is 0 Å². The lowest BCUT2D eigenvalue weighted by Gasteiger charge is -2.13. The van der Waals surface area contributed by atoms with Gasteiger partial charge in [-0.15, -0.1) is 0 Å². The SMILES string of the molecule is COc1ccc(NCc2cnc(N(C)C)n2C)cc1C. The van der Waals surface area contributed by atoms with E-state index in [1.165, 1.54) is 0 Å². The maximum absolute atomic E-state index is 5.26. The standard InChI is InChI=1S/C15H22N4O/c1-11-8-12(6-7-14(11)20-5)16-9-13-10-17-15(18(2)3)19(13)4/h6-8,10,16H,9H2,1-5H3. The van der Waals surface area contributed by atoms with E-state index in [-0.39, 0.29) is 0 Å². The highest BCUT2D eigenvalue weighted by atomic mass is 16.5. The number of aryl methyl sites for hydroxylation is 1. The fourth-order valence-corrected chi connectivity index (χ4v) is 2.19. The molecule has 1 aromatic heterocycles. The van der Waals surface area contributed by atoms with E-state index < -0.39 is 0 Å². The Morgan fingerprint density at radius 1 is 1.35 bits per heavy atom. The number of hydrogen-bond donors (Lipinski definition) is 1. The van der Waals surface area contributed by atoms with Gasteiger partial charge in [-0.25, -0.2) is 4.98 Å². The van der Waals surface area contributed by atoms with Gasteiger partial charge in [-0.1, -0.05) is 0 Å². The van der Waals surface area contributed by atoms with Gasteiger partial charge in [-0.3, -0.25) is 0 Å². The molecule has 0 aliphatic rings. The predicted molar refractivity (Wildman–Crippen MR) is 82.6 cm³/mol. The minimum atomic E-state index is 0.739. The molecule has 2 rings (SSSR count). The van der Waals surface area contributed by atoms with E-state index in [9.17, 15) is 0 Å². The number of nitrogens with one attached hydrogen (secondary N) is 1. The molecule has 0 saturated heterocycles. The second kappa shape index (κ2) is 5.86. The number of imidazole rings is 1. The van der Waals surface area contributed by atoms with Crippen LogP contribution in [-0.2, 0) is 13.6 Å². The van der Waals surface area contributed by atoms with Gasteiger partial charge in [0.1, 0.15) is 5.75 Å². The van der Waals surface area contributed by atoms with Crippen LogP contribution in [0.15, 0.2) is 24.4 Å². The number of anilines is 2. The van der Waals surface area contributed by atoms with Crippen molar-refractivity contribution in [3.63, 3.8) is 0 Å². The first kappa shape index (κ1) is 14.2. The summed E-state index contributed by atoms with van der Waals surface area (Å²) in [6.45, 7) is 2.78. The molecule has 0 spiro atoms. The topological polar surface area (TPSA) is 42.3 Å². The molecule has 5 heteroatoms. The highest BCUT2D eigenvalue weighted by Gasteiger charge is 2.08. The van der Waals surface area contributed by atoms with Gasteiger partial charge >= 0.3 is 0 Å². The second-order valence-corrected chi connectivity index (χ2v) is 5.04. The molecule has 0 atom stereocenters. The molecule has 2 aromatic rings. The van der Waals surface area contributed by atoms with Crippen molar-refractivity contribution in [2.75, 3.05) is 31.4 Å². The van der Waals surface area contributed by atoms with Crippen LogP contribution in [0.4, 0.5) is 11.6 Å². The van der Waals surface area contributed by atoms with E-state index in [2.05, 4.69) is 20.9 Å². The first-order valence-electron chi connectivity index (χ1n) is 6.59. The Labute approximate surface area is 120 Å². The Balaban J connectivity index is 2.07. The van der Waals surface area contributed by atoms with Crippen LogP contribution >= 0.6 is 0 Å². The monoisotopic (exact) mass is 274 g/mol. The van der Waals surface area contributed by atoms with Crippen LogP contribution in [-0.4, -0.2) is 30.8 Å². The van der Waals surface area contributed by atoms with Crippen LogP contribution in [0.3, 0.4) is 0 Å². The number of benzene rings is 1. The molecule has 1 N–H and O–H groups in total. The van der Waals surface area contributed by atoms with Crippen LogP contribution in [0.1, 0.15) is 11.3 Å². The first-order valence-corrected chi connectivity index (χ1v) is 6.59. The summed E-state index contributed by atoms with van der Waals surface area (Å²) in [4.78, 5) is 6.40. The third-order valence-electron chi connectivity index (χ3n) is 3.33. The van der Waals surface area contributed by atoms with Crippen LogP contribution in [0.5, 0.6) is 5.75 Å². The third kappa shape index (κ3) is 2.87. The molecule has 0 unspecified atom stereocenters. The fraction of sp³-hybridized carbons (Fsp3) is 0.400. The summed E-state index contributed by atoms with van der Waals surface area (Å²) < 4.78 is 7.35. The van der Waals surface area contributed by atoms with Crippen molar-refractivity contribution in [3.05, 3.63) is 35.7 Å². The molecule has 108 valence electrons. The van der Waals surface area contributed by atoms with Crippen molar-refractivity contribution < 1.29 is 4.74 Å². The summed E-state index contributed by atoms with van der Waals surface area (Å²) in [5.74, 6) is 1.86. The normalized spacial score (nSPS) is 10.4. The smallest absolute Gasteiger partial charge is 0.204 e. The van der Waals surface area contributed by atoms with E-state index in [1.807, 2.05) is 51.3 Å². The highest BCUT2D eigenvalue weighted by molar-refractivity contribution is 5.51. The molecule has 0 radical (unpaired) electrons. The van der Waals surface area contributed by atoms with E-state index in [1.54, 1.807) is 7.11 Å². The Morgan fingerprint density at radius 2 is 2.10 bits per heavy atom. The predicted octanol–water partition coefficient (Wildman–Crippen LogP) is 2.42. The highest BCUT2D eigenvalue weighted by Crippen LogP contribution is 2.22. The average Bonchev–Trinajstić information content (AvgIpc) is 2.78. The van der Waals surface area contributed by atoms with Crippen molar-refractivity contribution in [2.24, 2.45) is 7.05 Å². The van der Waals surface area contributed by atoms with Gasteiger partial charge in [-0.05, 0) is 30.7 Å². The Kier molecular flexibility index (Phi) is 4.17. The molecule has 0 saturated carbocycles. The Morgan fingerprint density at radius 3 is 2.65 bits per heavy atom. The minimum absolute atomic E-state index is 0.739. The number of aromatic nitrogens is 2. The Bertz CT molecular complexity index is 590. The lowest BCUT2D eigenvalue weighted by Crippen LogP contribution is -2.15. The van der Waals surface area contributed by atoms with Crippen LogP contribution < -0.4 is 15.0 Å². The molecule has 0 bridgehead atoms. The van der Waals surface area contributed by atoms with Crippen LogP contribution in [0.2, 0.25) is 0 Å². The lowest BCUT2D eigenvalue weighted by molar-refractivity contribution is 0.412. The van der Waals surface area contributed by atoms with Crippen molar-refractivity contribution in [2.45, 2.75) is 13.5 Å². The van der Waals surface area contributed by atoms with E-state index in [0.717, 1.165) is 35.2 Å². The number of ether oxygens (including phenoxy) is 1. The summed E-state index contributed by atoms with van der Waals surface area (Å²) in [6, 6.07) is 6.09. The van der Waals surface area contributed by atoms with Crippen molar-refractivity contribution in [3.8, 4) is 5.75 Å². The van der Waals surface area contributed by atoms with Crippen LogP contribution in [0.25, 0.3) is 0 Å². The van der Waals surface area contributed by atoms with Gasteiger partial charge in [0.2, 0.25) is 5.95 Å². The zero-order valence-electron chi connectivity index (χ0n) is 12.8. The molecule has 1 heterocycles. The third-order valence-corrected chi connectivity index (χ3v) is 3.33. The zero-order chi connectivity index (χ0) is 14.7. The largest absolute Gasteiger partial charge is 0.496 e. The van der Waals surface area contributed by atoms with Gasteiger partial charge in [0.25, 0.3) is 0 Å². The van der Waals surface area contributed by atoms with E-state index in [4.69, 9.17) is 4.74 Å². The summed E-state index contributed by atoms with van der Waals surface area (Å²) in [7, 11) is 7.70. The Hall–Kier alpha value is -2.17. The van der Waals surface area contributed by atoms with Crippen molar-refractivity contribution in [1.82, 2.24) is 9.55 Å². The molecule has 5 nitrogen and oxygen atoms in total. The molecule has 0 fully saturated rings.